The van der Waals surface area contributed by atoms with Gasteiger partial charge in [0.25, 0.3) is 5.56 Å². The lowest BCUT2D eigenvalue weighted by Crippen LogP contribution is -2.33. The number of aromatic amines is 1. The zero-order valence-electron chi connectivity index (χ0n) is 11.5. The van der Waals surface area contributed by atoms with E-state index >= 15 is 0 Å². The second-order valence-electron chi connectivity index (χ2n) is 4.63. The normalized spacial score (nSPS) is 10.5. The van der Waals surface area contributed by atoms with E-state index in [1.807, 2.05) is 26.0 Å². The Kier molecular flexibility index (Phi) is 3.98. The Hall–Kier alpha value is -2.43. The van der Waals surface area contributed by atoms with Crippen molar-refractivity contribution in [3.8, 4) is 0 Å². The first-order valence-corrected chi connectivity index (χ1v) is 6.44. The van der Waals surface area contributed by atoms with E-state index in [1.165, 1.54) is 10.8 Å². The molecule has 0 spiro atoms. The molecule has 0 aliphatic heterocycles. The molecule has 0 atom stereocenters. The van der Waals surface area contributed by atoms with E-state index in [0.717, 1.165) is 5.56 Å². The second kappa shape index (κ2) is 5.69. The lowest BCUT2D eigenvalue weighted by Gasteiger charge is -2.08. The molecule has 0 bridgehead atoms. The molecule has 104 valence electrons. The van der Waals surface area contributed by atoms with Crippen LogP contribution < -0.4 is 11.2 Å². The van der Waals surface area contributed by atoms with Gasteiger partial charge in [-0.15, -0.1) is 0 Å². The minimum absolute atomic E-state index is 0.0759. The van der Waals surface area contributed by atoms with Gasteiger partial charge in [-0.05, 0) is 18.9 Å². The molecule has 0 unspecified atom stereocenters. The van der Waals surface area contributed by atoms with Crippen molar-refractivity contribution < 1.29 is 4.79 Å². The Balaban J connectivity index is 2.36. The largest absolute Gasteiger partial charge is 0.328 e. The molecule has 0 aliphatic carbocycles. The number of benzene rings is 1. The molecule has 2 rings (SSSR count). The summed E-state index contributed by atoms with van der Waals surface area (Å²) in [5.41, 5.74) is 0.989. The minimum Gasteiger partial charge on any atom is -0.293 e. The van der Waals surface area contributed by atoms with Crippen LogP contribution in [0.25, 0.3) is 0 Å². The molecule has 5 heteroatoms. The summed E-state index contributed by atoms with van der Waals surface area (Å²) in [5.74, 6) is -0.153. The number of H-pyrrole nitrogens is 1. The first-order chi connectivity index (χ1) is 9.52. The number of aryl methyl sites for hydroxylation is 2. The van der Waals surface area contributed by atoms with E-state index in [4.69, 9.17) is 0 Å². The Morgan fingerprint density at radius 3 is 2.60 bits per heavy atom. The van der Waals surface area contributed by atoms with Gasteiger partial charge in [0, 0.05) is 17.3 Å². The van der Waals surface area contributed by atoms with E-state index in [9.17, 15) is 14.4 Å². The summed E-state index contributed by atoms with van der Waals surface area (Å²) in [6.07, 6.45) is 1.96. The first kappa shape index (κ1) is 14.0. The monoisotopic (exact) mass is 272 g/mol. The predicted octanol–water partition coefficient (Wildman–Crippen LogP) is 1.29. The number of aromatic nitrogens is 2. The van der Waals surface area contributed by atoms with Crippen LogP contribution in [0, 0.1) is 6.92 Å². The molecule has 0 amide bonds. The van der Waals surface area contributed by atoms with Gasteiger partial charge in [-0.3, -0.25) is 19.1 Å². The van der Waals surface area contributed by atoms with Gasteiger partial charge in [-0.25, -0.2) is 4.79 Å². The molecule has 1 aromatic heterocycles. The zero-order valence-corrected chi connectivity index (χ0v) is 11.5. The summed E-state index contributed by atoms with van der Waals surface area (Å²) in [6.45, 7) is 3.59. The van der Waals surface area contributed by atoms with E-state index in [0.29, 0.717) is 17.5 Å². The second-order valence-corrected chi connectivity index (χ2v) is 4.63. The standard InChI is InChI=1S/C15H16N2O3/c1-3-11-8-17(15(20)16-14(11)19)9-13(18)12-7-5-4-6-10(12)2/h4-8H,3,9H2,1-2H3,(H,16,19,20). The Morgan fingerprint density at radius 1 is 1.25 bits per heavy atom. The van der Waals surface area contributed by atoms with Crippen molar-refractivity contribution in [1.82, 2.24) is 9.55 Å². The van der Waals surface area contributed by atoms with Crippen LogP contribution in [0.1, 0.15) is 28.4 Å². The lowest BCUT2D eigenvalue weighted by molar-refractivity contribution is 0.0969. The summed E-state index contributed by atoms with van der Waals surface area (Å²) in [7, 11) is 0. The summed E-state index contributed by atoms with van der Waals surface area (Å²) >= 11 is 0. The van der Waals surface area contributed by atoms with Crippen LogP contribution in [0.2, 0.25) is 0 Å². The number of hydrogen-bond acceptors (Lipinski definition) is 3. The molecule has 0 fully saturated rings. The first-order valence-electron chi connectivity index (χ1n) is 6.44. The molecule has 5 nitrogen and oxygen atoms in total. The number of hydrogen-bond donors (Lipinski definition) is 1. The molecule has 20 heavy (non-hydrogen) atoms. The Bertz CT molecular complexity index is 756. The number of rotatable bonds is 4. The minimum atomic E-state index is -0.561. The third-order valence-electron chi connectivity index (χ3n) is 3.22. The lowest BCUT2D eigenvalue weighted by atomic mass is 10.1. The van der Waals surface area contributed by atoms with Gasteiger partial charge in [-0.2, -0.15) is 0 Å². The third kappa shape index (κ3) is 2.77. The summed E-state index contributed by atoms with van der Waals surface area (Å²) in [6, 6.07) is 7.22. The Labute approximate surface area is 115 Å². The van der Waals surface area contributed by atoms with Crippen molar-refractivity contribution in [1.29, 1.82) is 0 Å². The van der Waals surface area contributed by atoms with Crippen LogP contribution in [0.5, 0.6) is 0 Å². The van der Waals surface area contributed by atoms with E-state index < -0.39 is 11.2 Å². The van der Waals surface area contributed by atoms with Gasteiger partial charge in [0.1, 0.15) is 0 Å². The maximum Gasteiger partial charge on any atom is 0.328 e. The quantitative estimate of drug-likeness (QED) is 0.852. The van der Waals surface area contributed by atoms with Crippen molar-refractivity contribution in [3.63, 3.8) is 0 Å². The number of nitrogens with zero attached hydrogens (tertiary/aromatic N) is 1. The number of carbonyl (C=O) groups excluding carboxylic acids is 1. The van der Waals surface area contributed by atoms with E-state index in [1.54, 1.807) is 12.1 Å². The maximum absolute atomic E-state index is 12.2. The van der Waals surface area contributed by atoms with Crippen molar-refractivity contribution in [3.05, 3.63) is 68.0 Å². The van der Waals surface area contributed by atoms with Crippen molar-refractivity contribution in [2.45, 2.75) is 26.8 Å². The number of nitrogens with one attached hydrogen (secondary N) is 1. The molecular weight excluding hydrogens is 256 g/mol. The van der Waals surface area contributed by atoms with Gasteiger partial charge in [-0.1, -0.05) is 31.2 Å². The maximum atomic E-state index is 12.2. The SMILES string of the molecule is CCc1cn(CC(=O)c2ccccc2C)c(=O)[nH]c1=O. The Morgan fingerprint density at radius 2 is 1.95 bits per heavy atom. The zero-order chi connectivity index (χ0) is 14.7. The smallest absolute Gasteiger partial charge is 0.293 e. The average Bonchev–Trinajstić information content (AvgIpc) is 2.42. The van der Waals surface area contributed by atoms with Crippen LogP contribution in [0.4, 0.5) is 0 Å². The van der Waals surface area contributed by atoms with Crippen molar-refractivity contribution in [2.24, 2.45) is 0 Å². The van der Waals surface area contributed by atoms with E-state index in [2.05, 4.69) is 4.98 Å². The van der Waals surface area contributed by atoms with Gasteiger partial charge in [0.15, 0.2) is 5.78 Å². The fraction of sp³-hybridized carbons (Fsp3) is 0.267. The molecule has 1 N–H and O–H groups in total. The van der Waals surface area contributed by atoms with Gasteiger partial charge < -0.3 is 0 Å². The number of Topliss-reactive ketones (excluding diaryl/α,β-unsaturated/α-hetero) is 1. The molecule has 0 radical (unpaired) electrons. The highest BCUT2D eigenvalue weighted by Crippen LogP contribution is 2.08. The summed E-state index contributed by atoms with van der Waals surface area (Å²) < 4.78 is 1.25. The molecular formula is C15H16N2O3. The van der Waals surface area contributed by atoms with Crippen LogP contribution in [0.15, 0.2) is 40.1 Å². The van der Waals surface area contributed by atoms with Crippen LogP contribution in [-0.2, 0) is 13.0 Å². The highest BCUT2D eigenvalue weighted by molar-refractivity contribution is 5.97. The third-order valence-corrected chi connectivity index (χ3v) is 3.22. The molecule has 0 aliphatic rings. The molecule has 0 saturated carbocycles. The number of carbonyl (C=O) groups is 1. The molecule has 1 heterocycles. The van der Waals surface area contributed by atoms with Gasteiger partial charge >= 0.3 is 5.69 Å². The fourth-order valence-electron chi connectivity index (χ4n) is 2.05. The summed E-state index contributed by atoms with van der Waals surface area (Å²) in [5, 5.41) is 0. The van der Waals surface area contributed by atoms with E-state index in [-0.39, 0.29) is 12.3 Å². The van der Waals surface area contributed by atoms with Gasteiger partial charge in [0.05, 0.1) is 6.54 Å². The molecule has 1 aromatic carbocycles. The average molecular weight is 272 g/mol. The van der Waals surface area contributed by atoms with Crippen LogP contribution >= 0.6 is 0 Å². The highest BCUT2D eigenvalue weighted by Gasteiger charge is 2.11. The van der Waals surface area contributed by atoms with Gasteiger partial charge in [0.2, 0.25) is 0 Å². The number of ketones is 1. The molecule has 0 saturated heterocycles. The highest BCUT2D eigenvalue weighted by atomic mass is 16.2. The van der Waals surface area contributed by atoms with Crippen molar-refractivity contribution >= 4 is 5.78 Å². The molecule has 2 aromatic rings. The summed E-state index contributed by atoms with van der Waals surface area (Å²) in [4.78, 5) is 37.6. The topological polar surface area (TPSA) is 71.9 Å². The fourth-order valence-corrected chi connectivity index (χ4v) is 2.05. The van der Waals surface area contributed by atoms with Crippen molar-refractivity contribution in [2.75, 3.05) is 0 Å². The van der Waals surface area contributed by atoms with Crippen LogP contribution in [0.3, 0.4) is 0 Å². The predicted molar refractivity (Wildman–Crippen MR) is 76.2 cm³/mol. The van der Waals surface area contributed by atoms with Crippen LogP contribution in [-0.4, -0.2) is 15.3 Å².